The van der Waals surface area contributed by atoms with Gasteiger partial charge in [-0.2, -0.15) is 0 Å². The van der Waals surface area contributed by atoms with E-state index in [0.29, 0.717) is 24.7 Å². The largest absolute Gasteiger partial charge is 0.486 e. The minimum absolute atomic E-state index is 0.0813. The van der Waals surface area contributed by atoms with Crippen LogP contribution in [-0.4, -0.2) is 28.7 Å². The van der Waals surface area contributed by atoms with Gasteiger partial charge in [0.2, 0.25) is 5.91 Å². The Bertz CT molecular complexity index is 1020. The van der Waals surface area contributed by atoms with Crippen LogP contribution in [0.4, 0.5) is 5.69 Å². The summed E-state index contributed by atoms with van der Waals surface area (Å²) in [7, 11) is 0. The summed E-state index contributed by atoms with van der Waals surface area (Å²) in [5.74, 6) is 2.19. The maximum atomic E-state index is 12.7. The highest BCUT2D eigenvalue weighted by Crippen LogP contribution is 2.34. The summed E-state index contributed by atoms with van der Waals surface area (Å²) in [6, 6.07) is 9.73. The number of amides is 1. The molecule has 0 aliphatic carbocycles. The Balaban J connectivity index is 1.63. The summed E-state index contributed by atoms with van der Waals surface area (Å²) in [5.41, 5.74) is 4.86. The monoisotopic (exact) mass is 365 g/mol. The minimum atomic E-state index is -0.0813. The lowest BCUT2D eigenvalue weighted by Crippen LogP contribution is -2.20. The number of hydrogen-bond acceptors (Lipinski definition) is 4. The summed E-state index contributed by atoms with van der Waals surface area (Å²) < 4.78 is 13.3. The van der Waals surface area contributed by atoms with Crippen molar-refractivity contribution in [1.82, 2.24) is 9.55 Å². The molecule has 2 aromatic carbocycles. The van der Waals surface area contributed by atoms with Gasteiger partial charge in [0.15, 0.2) is 11.5 Å². The molecule has 1 N–H and O–H groups in total. The average molecular weight is 365 g/mol. The van der Waals surface area contributed by atoms with Crippen molar-refractivity contribution in [1.29, 1.82) is 0 Å². The average Bonchev–Trinajstić information content (AvgIpc) is 2.99. The predicted molar refractivity (Wildman–Crippen MR) is 105 cm³/mol. The predicted octanol–water partition coefficient (Wildman–Crippen LogP) is 3.63. The van der Waals surface area contributed by atoms with Crippen molar-refractivity contribution in [3.8, 4) is 11.5 Å². The molecule has 1 aliphatic heterocycles. The zero-order chi connectivity index (χ0) is 19.0. The van der Waals surface area contributed by atoms with Crippen molar-refractivity contribution >= 4 is 22.6 Å². The van der Waals surface area contributed by atoms with Crippen LogP contribution in [0.3, 0.4) is 0 Å². The highest BCUT2D eigenvalue weighted by atomic mass is 16.6. The van der Waals surface area contributed by atoms with Gasteiger partial charge >= 0.3 is 0 Å². The highest BCUT2D eigenvalue weighted by molar-refractivity contribution is 5.92. The molecular formula is C21H23N3O3. The molecule has 0 unspecified atom stereocenters. The van der Waals surface area contributed by atoms with Gasteiger partial charge in [-0.25, -0.2) is 4.98 Å². The number of ether oxygens (including phenoxy) is 2. The molecular weight excluding hydrogens is 342 g/mol. The van der Waals surface area contributed by atoms with Gasteiger partial charge in [-0.15, -0.1) is 0 Å². The van der Waals surface area contributed by atoms with Crippen LogP contribution in [0, 0.1) is 13.8 Å². The van der Waals surface area contributed by atoms with Crippen molar-refractivity contribution in [2.24, 2.45) is 0 Å². The van der Waals surface area contributed by atoms with E-state index in [1.807, 2.05) is 48.7 Å². The van der Waals surface area contributed by atoms with Crippen molar-refractivity contribution in [2.75, 3.05) is 18.5 Å². The third-order valence-corrected chi connectivity index (χ3v) is 4.90. The first-order valence-corrected chi connectivity index (χ1v) is 9.21. The van der Waals surface area contributed by atoms with Gasteiger partial charge in [-0.3, -0.25) is 4.79 Å². The molecule has 0 saturated heterocycles. The topological polar surface area (TPSA) is 65.4 Å². The van der Waals surface area contributed by atoms with Crippen molar-refractivity contribution in [3.05, 3.63) is 47.3 Å². The molecule has 0 atom stereocenters. The van der Waals surface area contributed by atoms with Crippen LogP contribution in [0.5, 0.6) is 11.5 Å². The molecule has 0 fully saturated rings. The molecule has 1 aromatic heterocycles. The molecule has 0 bridgehead atoms. The molecule has 2 heterocycles. The lowest BCUT2D eigenvalue weighted by Gasteiger charge is -2.18. The van der Waals surface area contributed by atoms with Crippen LogP contribution in [0.2, 0.25) is 0 Å². The van der Waals surface area contributed by atoms with E-state index in [4.69, 9.17) is 9.47 Å². The van der Waals surface area contributed by atoms with E-state index in [0.717, 1.165) is 34.5 Å². The molecule has 6 nitrogen and oxygen atoms in total. The number of aryl methyl sites for hydroxylation is 3. The number of anilines is 1. The van der Waals surface area contributed by atoms with Gasteiger partial charge in [-0.05, 0) is 37.1 Å². The number of aromatic nitrogens is 2. The first-order chi connectivity index (χ1) is 13.0. The van der Waals surface area contributed by atoms with Gasteiger partial charge in [0.1, 0.15) is 25.6 Å². The third-order valence-electron chi connectivity index (χ3n) is 4.90. The van der Waals surface area contributed by atoms with E-state index in [1.54, 1.807) is 0 Å². The van der Waals surface area contributed by atoms with Crippen LogP contribution >= 0.6 is 0 Å². The van der Waals surface area contributed by atoms with Gasteiger partial charge in [-0.1, -0.05) is 13.0 Å². The quantitative estimate of drug-likeness (QED) is 0.767. The molecule has 0 saturated carbocycles. The fourth-order valence-corrected chi connectivity index (χ4v) is 3.32. The molecule has 3 aromatic rings. The Morgan fingerprint density at radius 1 is 1.11 bits per heavy atom. The SMILES string of the molecule is CCc1nc2cc3c(cc2n1CC(=O)Nc1ccc(C)c(C)c1)OCCO3. The number of hydrogen-bond donors (Lipinski definition) is 1. The molecule has 4 rings (SSSR count). The van der Waals surface area contributed by atoms with Gasteiger partial charge in [0.25, 0.3) is 0 Å². The summed E-state index contributed by atoms with van der Waals surface area (Å²) in [5, 5.41) is 2.98. The number of rotatable bonds is 4. The Kier molecular flexibility index (Phi) is 4.48. The number of nitrogens with zero attached hydrogens (tertiary/aromatic N) is 2. The first-order valence-electron chi connectivity index (χ1n) is 9.21. The molecule has 6 heteroatoms. The van der Waals surface area contributed by atoms with E-state index in [9.17, 15) is 4.79 Å². The lowest BCUT2D eigenvalue weighted by molar-refractivity contribution is -0.116. The van der Waals surface area contributed by atoms with E-state index in [-0.39, 0.29) is 12.5 Å². The smallest absolute Gasteiger partial charge is 0.244 e. The maximum absolute atomic E-state index is 12.7. The third kappa shape index (κ3) is 3.35. The summed E-state index contributed by atoms with van der Waals surface area (Å²) in [4.78, 5) is 17.3. The van der Waals surface area contributed by atoms with Crippen molar-refractivity contribution < 1.29 is 14.3 Å². The lowest BCUT2D eigenvalue weighted by atomic mass is 10.1. The van der Waals surface area contributed by atoms with Gasteiger partial charge in [0.05, 0.1) is 11.0 Å². The normalized spacial score (nSPS) is 13.0. The molecule has 1 amide bonds. The summed E-state index contributed by atoms with van der Waals surface area (Å²) in [6.45, 7) is 7.39. The molecule has 0 spiro atoms. The number of nitrogens with one attached hydrogen (secondary N) is 1. The van der Waals surface area contributed by atoms with Gasteiger partial charge in [0, 0.05) is 24.2 Å². The van der Waals surface area contributed by atoms with Crippen LogP contribution < -0.4 is 14.8 Å². The zero-order valence-corrected chi connectivity index (χ0v) is 15.8. The van der Waals surface area contributed by atoms with Crippen LogP contribution in [0.25, 0.3) is 11.0 Å². The minimum Gasteiger partial charge on any atom is -0.486 e. The molecule has 0 radical (unpaired) electrons. The van der Waals surface area contributed by atoms with Crippen molar-refractivity contribution in [3.63, 3.8) is 0 Å². The number of fused-ring (bicyclic) bond motifs is 2. The summed E-state index contributed by atoms with van der Waals surface area (Å²) in [6.07, 6.45) is 0.734. The fraction of sp³-hybridized carbons (Fsp3) is 0.333. The van der Waals surface area contributed by atoms with Crippen LogP contribution in [-0.2, 0) is 17.8 Å². The second-order valence-corrected chi connectivity index (χ2v) is 6.80. The van der Waals surface area contributed by atoms with Gasteiger partial charge < -0.3 is 19.4 Å². The Hall–Kier alpha value is -3.02. The van der Waals surface area contributed by atoms with E-state index < -0.39 is 0 Å². The van der Waals surface area contributed by atoms with Crippen LogP contribution in [0.1, 0.15) is 23.9 Å². The van der Waals surface area contributed by atoms with E-state index in [2.05, 4.69) is 17.2 Å². The number of benzene rings is 2. The Morgan fingerprint density at radius 2 is 1.85 bits per heavy atom. The highest BCUT2D eigenvalue weighted by Gasteiger charge is 2.19. The summed E-state index contributed by atoms with van der Waals surface area (Å²) >= 11 is 0. The van der Waals surface area contributed by atoms with Crippen molar-refractivity contribution in [2.45, 2.75) is 33.7 Å². The Morgan fingerprint density at radius 3 is 2.56 bits per heavy atom. The number of carbonyl (C=O) groups is 1. The number of imidazole rings is 1. The van der Waals surface area contributed by atoms with E-state index >= 15 is 0 Å². The van der Waals surface area contributed by atoms with E-state index in [1.165, 1.54) is 5.56 Å². The Labute approximate surface area is 158 Å². The maximum Gasteiger partial charge on any atom is 0.244 e. The van der Waals surface area contributed by atoms with Crippen LogP contribution in [0.15, 0.2) is 30.3 Å². The first kappa shape index (κ1) is 17.4. The zero-order valence-electron chi connectivity index (χ0n) is 15.8. The number of carbonyl (C=O) groups excluding carboxylic acids is 1. The second kappa shape index (κ2) is 6.95. The molecule has 27 heavy (non-hydrogen) atoms. The molecule has 1 aliphatic rings. The fourth-order valence-electron chi connectivity index (χ4n) is 3.32. The second-order valence-electron chi connectivity index (χ2n) is 6.80. The molecule has 140 valence electrons. The standard InChI is InChI=1S/C21H23N3O3/c1-4-20-23-16-10-18-19(27-8-7-26-18)11-17(16)24(20)12-21(25)22-15-6-5-13(2)14(3)9-15/h5-6,9-11H,4,7-8,12H2,1-3H3,(H,22,25).